The molecule has 0 unspecified atom stereocenters. The maximum absolute atomic E-state index is 6.42. The minimum atomic E-state index is 0.0778. The SMILES string of the molecule is Cc1cccc(C)c1-c1c2cc(C(C)(C)C)ccc2[o+]c2ccc(C(C)(C)C)cc12. The molecule has 4 aromatic rings. The Labute approximate surface area is 180 Å². The van der Waals surface area contributed by atoms with Crippen molar-refractivity contribution in [3.63, 3.8) is 0 Å². The van der Waals surface area contributed by atoms with Gasteiger partial charge in [-0.2, -0.15) is 0 Å². The fourth-order valence-corrected chi connectivity index (χ4v) is 4.30. The second kappa shape index (κ2) is 6.94. The first-order valence-electron chi connectivity index (χ1n) is 10.9. The molecule has 0 radical (unpaired) electrons. The van der Waals surface area contributed by atoms with Crippen molar-refractivity contribution in [3.8, 4) is 11.1 Å². The minimum Gasteiger partial charge on any atom is -0.207 e. The summed E-state index contributed by atoms with van der Waals surface area (Å²) < 4.78 is 6.42. The molecule has 154 valence electrons. The van der Waals surface area contributed by atoms with E-state index in [1.165, 1.54) is 44.2 Å². The van der Waals surface area contributed by atoms with Gasteiger partial charge in [-0.25, -0.2) is 4.42 Å². The molecule has 0 bridgehead atoms. The van der Waals surface area contributed by atoms with Gasteiger partial charge in [0.2, 0.25) is 0 Å². The van der Waals surface area contributed by atoms with Gasteiger partial charge >= 0.3 is 11.2 Å². The van der Waals surface area contributed by atoms with Crippen molar-refractivity contribution < 1.29 is 4.42 Å². The van der Waals surface area contributed by atoms with Crippen molar-refractivity contribution in [2.45, 2.75) is 66.2 Å². The Kier molecular flexibility index (Phi) is 4.77. The lowest BCUT2D eigenvalue weighted by molar-refractivity contribution is 0.589. The Morgan fingerprint density at radius 3 is 1.40 bits per heavy atom. The Balaban J connectivity index is 2.23. The largest absolute Gasteiger partial charge is 0.361 e. The molecule has 1 heteroatoms. The van der Waals surface area contributed by atoms with E-state index in [4.69, 9.17) is 4.42 Å². The molecular weight excluding hydrogens is 364 g/mol. The molecule has 0 spiro atoms. The molecule has 0 saturated carbocycles. The summed E-state index contributed by atoms with van der Waals surface area (Å²) in [7, 11) is 0. The number of rotatable bonds is 1. The van der Waals surface area contributed by atoms with Crippen molar-refractivity contribution in [1.82, 2.24) is 0 Å². The van der Waals surface area contributed by atoms with Crippen LogP contribution in [-0.2, 0) is 10.8 Å². The number of hydrogen-bond acceptors (Lipinski definition) is 0. The molecule has 0 fully saturated rings. The number of aryl methyl sites for hydroxylation is 2. The smallest absolute Gasteiger partial charge is 0.207 e. The molecule has 1 heterocycles. The maximum Gasteiger partial charge on any atom is 0.361 e. The van der Waals surface area contributed by atoms with Crippen molar-refractivity contribution in [1.29, 1.82) is 0 Å². The molecule has 0 N–H and O–H groups in total. The standard InChI is InChI=1S/C29H33O/c1-18-10-9-11-19(2)26(18)27-22-16-20(28(3,4)5)12-14-24(22)30-25-15-13-21(17-23(25)27)29(6,7)8/h9-17H,1-8H3/q+1. The molecule has 0 amide bonds. The quantitative estimate of drug-likeness (QED) is 0.231. The lowest BCUT2D eigenvalue weighted by atomic mass is 9.82. The van der Waals surface area contributed by atoms with Gasteiger partial charge in [0.1, 0.15) is 0 Å². The Bertz CT molecular complexity index is 1170. The highest BCUT2D eigenvalue weighted by Crippen LogP contribution is 2.42. The van der Waals surface area contributed by atoms with Crippen LogP contribution >= 0.6 is 0 Å². The van der Waals surface area contributed by atoms with Gasteiger partial charge < -0.3 is 0 Å². The van der Waals surface area contributed by atoms with E-state index in [9.17, 15) is 0 Å². The number of hydrogen-bond donors (Lipinski definition) is 0. The van der Waals surface area contributed by atoms with Gasteiger partial charge in [-0.05, 0) is 76.8 Å². The summed E-state index contributed by atoms with van der Waals surface area (Å²) in [5.41, 5.74) is 9.89. The van der Waals surface area contributed by atoms with Crippen molar-refractivity contribution in [2.75, 3.05) is 0 Å². The van der Waals surface area contributed by atoms with E-state index in [1.807, 2.05) is 0 Å². The summed E-state index contributed by atoms with van der Waals surface area (Å²) >= 11 is 0. The highest BCUT2D eigenvalue weighted by molar-refractivity contribution is 6.09. The van der Waals surface area contributed by atoms with Crippen LogP contribution in [0, 0.1) is 13.8 Å². The Morgan fingerprint density at radius 1 is 0.567 bits per heavy atom. The predicted molar refractivity (Wildman–Crippen MR) is 130 cm³/mol. The predicted octanol–water partition coefficient (Wildman–Crippen LogP) is 8.75. The Hall–Kier alpha value is -2.67. The summed E-state index contributed by atoms with van der Waals surface area (Å²) in [5, 5.41) is 2.39. The van der Waals surface area contributed by atoms with Crippen LogP contribution in [0.5, 0.6) is 0 Å². The van der Waals surface area contributed by atoms with Crippen LogP contribution in [0.15, 0.2) is 59.0 Å². The van der Waals surface area contributed by atoms with Gasteiger partial charge in [0.05, 0.1) is 10.8 Å². The van der Waals surface area contributed by atoms with E-state index in [0.717, 1.165) is 11.2 Å². The summed E-state index contributed by atoms with van der Waals surface area (Å²) in [6.07, 6.45) is 0. The number of benzene rings is 3. The first-order valence-corrected chi connectivity index (χ1v) is 10.9. The molecule has 0 aliphatic carbocycles. The zero-order valence-corrected chi connectivity index (χ0v) is 19.6. The summed E-state index contributed by atoms with van der Waals surface area (Å²) in [4.78, 5) is 0. The molecule has 3 aromatic carbocycles. The average molecular weight is 398 g/mol. The molecule has 0 saturated heterocycles. The average Bonchev–Trinajstić information content (AvgIpc) is 2.65. The molecule has 0 aliphatic heterocycles. The van der Waals surface area contributed by atoms with Crippen molar-refractivity contribution >= 4 is 21.9 Å². The zero-order chi connectivity index (χ0) is 21.8. The van der Waals surface area contributed by atoms with Gasteiger partial charge in [0.15, 0.2) is 0 Å². The van der Waals surface area contributed by atoms with E-state index in [0.29, 0.717) is 0 Å². The first kappa shape index (κ1) is 20.6. The normalized spacial score (nSPS) is 12.7. The maximum atomic E-state index is 6.42. The molecule has 1 nitrogen and oxygen atoms in total. The second-order valence-electron chi connectivity index (χ2n) is 10.7. The van der Waals surface area contributed by atoms with Crippen LogP contribution in [0.4, 0.5) is 0 Å². The van der Waals surface area contributed by atoms with Crippen LogP contribution in [0.25, 0.3) is 33.1 Å². The minimum absolute atomic E-state index is 0.0778. The van der Waals surface area contributed by atoms with Crippen LogP contribution in [0.3, 0.4) is 0 Å². The van der Waals surface area contributed by atoms with E-state index < -0.39 is 0 Å². The highest BCUT2D eigenvalue weighted by Gasteiger charge is 2.26. The zero-order valence-electron chi connectivity index (χ0n) is 19.6. The third-order valence-electron chi connectivity index (χ3n) is 6.18. The summed E-state index contributed by atoms with van der Waals surface area (Å²) in [6.45, 7) is 18.0. The van der Waals surface area contributed by atoms with Gasteiger partial charge in [0.25, 0.3) is 0 Å². The van der Waals surface area contributed by atoms with Crippen molar-refractivity contribution in [3.05, 3.63) is 76.9 Å². The fraction of sp³-hybridized carbons (Fsp3) is 0.345. The number of fused-ring (bicyclic) bond motifs is 2. The summed E-state index contributed by atoms with van der Waals surface area (Å²) in [6, 6.07) is 19.9. The van der Waals surface area contributed by atoms with E-state index in [2.05, 4.69) is 110 Å². The van der Waals surface area contributed by atoms with Crippen LogP contribution < -0.4 is 0 Å². The second-order valence-corrected chi connectivity index (χ2v) is 10.7. The van der Waals surface area contributed by atoms with Gasteiger partial charge in [-0.3, -0.25) is 0 Å². The lowest BCUT2D eigenvalue weighted by Gasteiger charge is -2.21. The van der Waals surface area contributed by atoms with Gasteiger partial charge in [-0.15, -0.1) is 0 Å². The Morgan fingerprint density at radius 2 is 1.00 bits per heavy atom. The highest BCUT2D eigenvalue weighted by atomic mass is 16.3. The van der Waals surface area contributed by atoms with Crippen LogP contribution in [0.2, 0.25) is 0 Å². The first-order chi connectivity index (χ1) is 14.0. The van der Waals surface area contributed by atoms with E-state index in [1.54, 1.807) is 0 Å². The van der Waals surface area contributed by atoms with Crippen molar-refractivity contribution in [2.24, 2.45) is 0 Å². The monoisotopic (exact) mass is 397 g/mol. The molecular formula is C29H33O+. The summed E-state index contributed by atoms with van der Waals surface area (Å²) in [5.74, 6) is 0. The molecule has 1 aromatic heterocycles. The molecule has 30 heavy (non-hydrogen) atoms. The fourth-order valence-electron chi connectivity index (χ4n) is 4.30. The topological polar surface area (TPSA) is 11.3 Å². The molecule has 0 aliphatic rings. The van der Waals surface area contributed by atoms with Crippen LogP contribution in [0.1, 0.15) is 63.8 Å². The molecule has 0 atom stereocenters. The lowest BCUT2D eigenvalue weighted by Crippen LogP contribution is -2.11. The van der Waals surface area contributed by atoms with Gasteiger partial charge in [-0.1, -0.05) is 59.7 Å². The van der Waals surface area contributed by atoms with Gasteiger partial charge in [0, 0.05) is 17.7 Å². The molecule has 4 rings (SSSR count). The third kappa shape index (κ3) is 3.51. The van der Waals surface area contributed by atoms with E-state index in [-0.39, 0.29) is 10.8 Å². The third-order valence-corrected chi connectivity index (χ3v) is 6.18. The van der Waals surface area contributed by atoms with Crippen LogP contribution in [-0.4, -0.2) is 0 Å². The van der Waals surface area contributed by atoms with E-state index >= 15 is 0 Å².